The number of benzene rings is 1. The van der Waals surface area contributed by atoms with Gasteiger partial charge in [-0.1, -0.05) is 29.8 Å². The molecule has 3 N–H and O–H groups in total. The van der Waals surface area contributed by atoms with Crippen molar-refractivity contribution >= 4 is 17.7 Å². The van der Waals surface area contributed by atoms with Gasteiger partial charge in [-0.2, -0.15) is 0 Å². The van der Waals surface area contributed by atoms with Gasteiger partial charge in [0.05, 0.1) is 6.04 Å². The van der Waals surface area contributed by atoms with Crippen LogP contribution in [0.15, 0.2) is 24.3 Å². The molecule has 3 unspecified atom stereocenters. The van der Waals surface area contributed by atoms with Gasteiger partial charge < -0.3 is 16.0 Å². The van der Waals surface area contributed by atoms with Crippen molar-refractivity contribution in [1.29, 1.82) is 0 Å². The molecule has 6 nitrogen and oxygen atoms in total. The Morgan fingerprint density at radius 1 is 1.23 bits per heavy atom. The summed E-state index contributed by atoms with van der Waals surface area (Å²) in [5, 5.41) is 8.40. The van der Waals surface area contributed by atoms with Gasteiger partial charge in [-0.15, -0.1) is 0 Å². The third kappa shape index (κ3) is 5.31. The van der Waals surface area contributed by atoms with Crippen LogP contribution in [0.5, 0.6) is 0 Å². The van der Waals surface area contributed by atoms with Gasteiger partial charge in [0, 0.05) is 5.54 Å². The zero-order chi connectivity index (χ0) is 19.5. The number of rotatable bonds is 4. The van der Waals surface area contributed by atoms with Gasteiger partial charge in [0.2, 0.25) is 17.7 Å². The third-order valence-corrected chi connectivity index (χ3v) is 4.39. The maximum atomic E-state index is 12.4. The minimum atomic E-state index is -0.763. The van der Waals surface area contributed by atoms with E-state index in [0.29, 0.717) is 12.8 Å². The molecular formula is C20H29N3O3. The normalized spacial score (nSPS) is 21.5. The first-order valence-corrected chi connectivity index (χ1v) is 9.06. The lowest BCUT2D eigenvalue weighted by Crippen LogP contribution is -2.54. The van der Waals surface area contributed by atoms with Crippen LogP contribution in [0.2, 0.25) is 0 Å². The number of amides is 3. The molecule has 0 radical (unpaired) electrons. The minimum Gasteiger partial charge on any atom is -0.350 e. The predicted octanol–water partition coefficient (Wildman–Crippen LogP) is 1.98. The maximum absolute atomic E-state index is 12.4. The summed E-state index contributed by atoms with van der Waals surface area (Å²) in [5.74, 6) is -1.72. The fourth-order valence-corrected chi connectivity index (χ4v) is 3.05. The topological polar surface area (TPSA) is 87.3 Å². The molecular weight excluding hydrogens is 330 g/mol. The molecule has 1 aliphatic heterocycles. The SMILES string of the molecule is Cc1cccc(C2CCC(C(=O)NC(C)C(=O)NC(C)(C)C)C(=O)N2)c1. The molecule has 1 aromatic carbocycles. The van der Waals surface area contributed by atoms with Crippen molar-refractivity contribution in [1.82, 2.24) is 16.0 Å². The highest BCUT2D eigenvalue weighted by Gasteiger charge is 2.35. The quantitative estimate of drug-likeness (QED) is 0.719. The van der Waals surface area contributed by atoms with Crippen molar-refractivity contribution in [2.45, 2.75) is 65.1 Å². The van der Waals surface area contributed by atoms with Crippen LogP contribution in [0.25, 0.3) is 0 Å². The monoisotopic (exact) mass is 359 g/mol. The van der Waals surface area contributed by atoms with Gasteiger partial charge >= 0.3 is 0 Å². The molecule has 3 amide bonds. The Labute approximate surface area is 155 Å². The van der Waals surface area contributed by atoms with E-state index in [0.717, 1.165) is 11.1 Å². The molecule has 0 aliphatic carbocycles. The fourth-order valence-electron chi connectivity index (χ4n) is 3.05. The van der Waals surface area contributed by atoms with E-state index < -0.39 is 17.9 Å². The van der Waals surface area contributed by atoms with Crippen LogP contribution in [-0.4, -0.2) is 29.3 Å². The number of piperidine rings is 1. The summed E-state index contributed by atoms with van der Waals surface area (Å²) in [6.45, 7) is 9.25. The molecule has 1 saturated heterocycles. The lowest BCUT2D eigenvalue weighted by molar-refractivity contribution is -0.139. The molecule has 2 rings (SSSR count). The second-order valence-corrected chi connectivity index (χ2v) is 8.07. The molecule has 0 saturated carbocycles. The number of aryl methyl sites for hydroxylation is 1. The lowest BCUT2D eigenvalue weighted by Gasteiger charge is -2.30. The van der Waals surface area contributed by atoms with Crippen molar-refractivity contribution < 1.29 is 14.4 Å². The average Bonchev–Trinajstić information content (AvgIpc) is 2.52. The molecule has 1 aliphatic rings. The molecule has 1 aromatic rings. The summed E-state index contributed by atoms with van der Waals surface area (Å²) in [6.07, 6.45) is 1.15. The predicted molar refractivity (Wildman–Crippen MR) is 100 cm³/mol. The summed E-state index contributed by atoms with van der Waals surface area (Å²) in [4.78, 5) is 36.9. The standard InChI is InChI=1S/C20H29N3O3/c1-12-7-6-8-14(11-12)16-10-9-15(19(26)22-16)18(25)21-13(2)17(24)23-20(3,4)5/h6-8,11,13,15-16H,9-10H2,1-5H3,(H,21,25)(H,22,26)(H,23,24). The smallest absolute Gasteiger partial charge is 0.242 e. The van der Waals surface area contributed by atoms with Crippen LogP contribution in [0, 0.1) is 12.8 Å². The third-order valence-electron chi connectivity index (χ3n) is 4.39. The van der Waals surface area contributed by atoms with E-state index >= 15 is 0 Å². The van der Waals surface area contributed by atoms with Crippen molar-refractivity contribution in [2.24, 2.45) is 5.92 Å². The van der Waals surface area contributed by atoms with E-state index in [4.69, 9.17) is 0 Å². The van der Waals surface area contributed by atoms with E-state index in [2.05, 4.69) is 16.0 Å². The van der Waals surface area contributed by atoms with E-state index in [-0.39, 0.29) is 23.4 Å². The van der Waals surface area contributed by atoms with E-state index in [9.17, 15) is 14.4 Å². The maximum Gasteiger partial charge on any atom is 0.242 e. The summed E-state index contributed by atoms with van der Waals surface area (Å²) >= 11 is 0. The molecule has 6 heteroatoms. The van der Waals surface area contributed by atoms with Gasteiger partial charge in [-0.3, -0.25) is 14.4 Å². The number of nitrogens with one attached hydrogen (secondary N) is 3. The van der Waals surface area contributed by atoms with Crippen molar-refractivity contribution in [2.75, 3.05) is 0 Å². The van der Waals surface area contributed by atoms with Gasteiger partial charge in [-0.05, 0) is 53.0 Å². The van der Waals surface area contributed by atoms with Crippen molar-refractivity contribution in [3.8, 4) is 0 Å². The van der Waals surface area contributed by atoms with Crippen LogP contribution in [0.1, 0.15) is 57.7 Å². The molecule has 1 heterocycles. The number of hydrogen-bond acceptors (Lipinski definition) is 3. The highest BCUT2D eigenvalue weighted by atomic mass is 16.2. The van der Waals surface area contributed by atoms with E-state index in [1.807, 2.05) is 52.0 Å². The summed E-state index contributed by atoms with van der Waals surface area (Å²) in [7, 11) is 0. The fraction of sp³-hybridized carbons (Fsp3) is 0.550. The second-order valence-electron chi connectivity index (χ2n) is 8.07. The van der Waals surface area contributed by atoms with Crippen LogP contribution in [0.4, 0.5) is 0 Å². The van der Waals surface area contributed by atoms with Gasteiger partial charge in [0.1, 0.15) is 12.0 Å². The Morgan fingerprint density at radius 2 is 1.92 bits per heavy atom. The first-order valence-electron chi connectivity index (χ1n) is 9.06. The molecule has 0 bridgehead atoms. The van der Waals surface area contributed by atoms with Crippen LogP contribution < -0.4 is 16.0 Å². The Balaban J connectivity index is 1.93. The molecule has 1 fully saturated rings. The van der Waals surface area contributed by atoms with Crippen LogP contribution in [0.3, 0.4) is 0 Å². The second kappa shape index (κ2) is 7.89. The minimum absolute atomic E-state index is 0.0759. The molecule has 0 spiro atoms. The van der Waals surface area contributed by atoms with Crippen molar-refractivity contribution in [3.63, 3.8) is 0 Å². The highest BCUT2D eigenvalue weighted by Crippen LogP contribution is 2.27. The molecule has 26 heavy (non-hydrogen) atoms. The zero-order valence-electron chi connectivity index (χ0n) is 16.2. The molecule has 0 aromatic heterocycles. The first-order chi connectivity index (χ1) is 12.1. The summed E-state index contributed by atoms with van der Waals surface area (Å²) in [5.41, 5.74) is 1.81. The number of hydrogen-bond donors (Lipinski definition) is 3. The van der Waals surface area contributed by atoms with Gasteiger partial charge in [0.25, 0.3) is 0 Å². The van der Waals surface area contributed by atoms with Crippen LogP contribution >= 0.6 is 0 Å². The highest BCUT2D eigenvalue weighted by molar-refractivity contribution is 6.02. The summed E-state index contributed by atoms with van der Waals surface area (Å²) in [6, 6.07) is 7.23. The molecule has 142 valence electrons. The van der Waals surface area contributed by atoms with Crippen molar-refractivity contribution in [3.05, 3.63) is 35.4 Å². The largest absolute Gasteiger partial charge is 0.350 e. The van der Waals surface area contributed by atoms with Gasteiger partial charge in [0.15, 0.2) is 0 Å². The Kier molecular flexibility index (Phi) is 6.05. The number of carbonyl (C=O) groups is 3. The van der Waals surface area contributed by atoms with E-state index in [1.54, 1.807) is 6.92 Å². The Morgan fingerprint density at radius 3 is 2.50 bits per heavy atom. The Bertz CT molecular complexity index is 694. The summed E-state index contributed by atoms with van der Waals surface area (Å²) < 4.78 is 0. The van der Waals surface area contributed by atoms with Crippen LogP contribution in [-0.2, 0) is 14.4 Å². The number of carbonyl (C=O) groups excluding carboxylic acids is 3. The average molecular weight is 359 g/mol. The molecule has 3 atom stereocenters. The zero-order valence-corrected chi connectivity index (χ0v) is 16.2. The van der Waals surface area contributed by atoms with E-state index in [1.165, 1.54) is 0 Å². The van der Waals surface area contributed by atoms with Gasteiger partial charge in [-0.25, -0.2) is 0 Å². The lowest BCUT2D eigenvalue weighted by atomic mass is 9.89. The first kappa shape index (κ1) is 19.9. The Hall–Kier alpha value is -2.37.